The van der Waals surface area contributed by atoms with Crippen molar-refractivity contribution >= 4 is 51.4 Å². The van der Waals surface area contributed by atoms with Gasteiger partial charge in [0.25, 0.3) is 5.91 Å². The van der Waals surface area contributed by atoms with Crippen molar-refractivity contribution in [1.82, 2.24) is 9.88 Å². The van der Waals surface area contributed by atoms with Gasteiger partial charge in [-0.25, -0.2) is 14.2 Å². The summed E-state index contributed by atoms with van der Waals surface area (Å²) in [6.07, 6.45) is 0. The largest absolute Gasteiger partial charge is 0.368 e. The smallest absolute Gasteiger partial charge is 0.325 e. The molecule has 0 spiro atoms. The van der Waals surface area contributed by atoms with E-state index in [0.717, 1.165) is 5.69 Å². The van der Waals surface area contributed by atoms with Crippen LogP contribution in [0, 0.1) is 5.82 Å². The first kappa shape index (κ1) is 21.1. The number of halogens is 2. The van der Waals surface area contributed by atoms with Gasteiger partial charge >= 0.3 is 6.03 Å². The fraction of sp³-hybridized carbons (Fsp3) is 0.190. The number of hydrogen-bond acceptors (Lipinski definition) is 5. The number of rotatable bonds is 4. The SMILES string of the molecule is O=C(Nc1cccc(Cl)c1)Nc1nc(C(=O)N2CCN(c3ccc(F)cc3)CC2)cs1. The Balaban J connectivity index is 1.31. The van der Waals surface area contributed by atoms with E-state index in [9.17, 15) is 14.0 Å². The number of benzene rings is 2. The number of nitrogens with zero attached hydrogens (tertiary/aromatic N) is 3. The second-order valence-electron chi connectivity index (χ2n) is 6.88. The first-order valence-corrected chi connectivity index (χ1v) is 10.8. The Morgan fingerprint density at radius 3 is 2.48 bits per heavy atom. The van der Waals surface area contributed by atoms with Gasteiger partial charge in [-0.3, -0.25) is 10.1 Å². The molecule has 10 heteroatoms. The number of carbonyl (C=O) groups excluding carboxylic acids is 2. The van der Waals surface area contributed by atoms with Crippen LogP contribution in [0.25, 0.3) is 0 Å². The Kier molecular flexibility index (Phi) is 6.34. The molecule has 0 saturated carbocycles. The van der Waals surface area contributed by atoms with E-state index in [2.05, 4.69) is 20.5 Å². The molecule has 0 unspecified atom stereocenters. The summed E-state index contributed by atoms with van der Waals surface area (Å²) in [5, 5.41) is 7.76. The van der Waals surface area contributed by atoms with E-state index in [4.69, 9.17) is 11.6 Å². The van der Waals surface area contributed by atoms with Crippen molar-refractivity contribution in [3.63, 3.8) is 0 Å². The van der Waals surface area contributed by atoms with Crippen molar-refractivity contribution < 1.29 is 14.0 Å². The maximum Gasteiger partial charge on any atom is 0.325 e. The first-order chi connectivity index (χ1) is 15.0. The van der Waals surface area contributed by atoms with Crippen molar-refractivity contribution in [2.24, 2.45) is 0 Å². The Morgan fingerprint density at radius 2 is 1.77 bits per heavy atom. The molecule has 1 fully saturated rings. The summed E-state index contributed by atoms with van der Waals surface area (Å²) >= 11 is 7.09. The molecule has 3 amide bonds. The molecule has 2 aromatic carbocycles. The van der Waals surface area contributed by atoms with E-state index >= 15 is 0 Å². The highest BCUT2D eigenvalue weighted by atomic mass is 35.5. The fourth-order valence-corrected chi connectivity index (χ4v) is 4.11. The van der Waals surface area contributed by atoms with Crippen molar-refractivity contribution in [2.75, 3.05) is 41.7 Å². The third-order valence-electron chi connectivity index (χ3n) is 4.78. The maximum absolute atomic E-state index is 13.1. The Morgan fingerprint density at radius 1 is 1.03 bits per heavy atom. The van der Waals surface area contributed by atoms with Crippen LogP contribution in [0.5, 0.6) is 0 Å². The minimum atomic E-state index is -0.469. The van der Waals surface area contributed by atoms with Gasteiger partial charge < -0.3 is 15.1 Å². The number of hydrogen-bond donors (Lipinski definition) is 2. The van der Waals surface area contributed by atoms with Gasteiger partial charge in [-0.1, -0.05) is 17.7 Å². The average molecular weight is 460 g/mol. The minimum absolute atomic E-state index is 0.182. The summed E-state index contributed by atoms with van der Waals surface area (Å²) in [7, 11) is 0. The standard InChI is InChI=1S/C21H19ClFN5O2S/c22-14-2-1-3-16(12-14)24-20(30)26-21-25-18(13-31-21)19(29)28-10-8-27(9-11-28)17-6-4-15(23)5-7-17/h1-7,12-13H,8-11H2,(H2,24,25,26,30). The molecule has 0 bridgehead atoms. The molecule has 0 radical (unpaired) electrons. The average Bonchev–Trinajstić information content (AvgIpc) is 3.22. The third-order valence-corrected chi connectivity index (χ3v) is 5.78. The van der Waals surface area contributed by atoms with E-state index in [0.29, 0.717) is 47.7 Å². The fourth-order valence-electron chi connectivity index (χ4n) is 3.24. The molecular formula is C21H19ClFN5O2S. The number of urea groups is 1. The van der Waals surface area contributed by atoms with Gasteiger partial charge in [0.1, 0.15) is 11.5 Å². The van der Waals surface area contributed by atoms with E-state index in [1.54, 1.807) is 46.7 Å². The molecule has 3 aromatic rings. The van der Waals surface area contributed by atoms with Gasteiger partial charge in [-0.2, -0.15) is 0 Å². The molecule has 0 aliphatic carbocycles. The molecule has 160 valence electrons. The summed E-state index contributed by atoms with van der Waals surface area (Å²) in [6, 6.07) is 12.6. The van der Waals surface area contributed by atoms with Crippen molar-refractivity contribution in [2.45, 2.75) is 0 Å². The molecule has 4 rings (SSSR count). The van der Waals surface area contributed by atoms with E-state index in [-0.39, 0.29) is 11.7 Å². The highest BCUT2D eigenvalue weighted by Crippen LogP contribution is 2.21. The Hall–Kier alpha value is -3.17. The van der Waals surface area contributed by atoms with Crippen LogP contribution in [0.4, 0.5) is 25.7 Å². The zero-order valence-corrected chi connectivity index (χ0v) is 17.9. The molecule has 2 N–H and O–H groups in total. The molecule has 0 atom stereocenters. The Labute approximate surface area is 187 Å². The van der Waals surface area contributed by atoms with Crippen LogP contribution in [0.1, 0.15) is 10.5 Å². The van der Waals surface area contributed by atoms with Gasteiger partial charge in [-0.05, 0) is 42.5 Å². The lowest BCUT2D eigenvalue weighted by Crippen LogP contribution is -2.48. The number of nitrogens with one attached hydrogen (secondary N) is 2. The van der Waals surface area contributed by atoms with Crippen LogP contribution in [-0.4, -0.2) is 48.0 Å². The second-order valence-corrected chi connectivity index (χ2v) is 8.18. The lowest BCUT2D eigenvalue weighted by molar-refractivity contribution is 0.0741. The number of aromatic nitrogens is 1. The number of piperazine rings is 1. The topological polar surface area (TPSA) is 77.6 Å². The van der Waals surface area contributed by atoms with Crippen molar-refractivity contribution in [1.29, 1.82) is 0 Å². The maximum atomic E-state index is 13.1. The summed E-state index contributed by atoms with van der Waals surface area (Å²) in [5.41, 5.74) is 1.77. The van der Waals surface area contributed by atoms with Crippen molar-refractivity contribution in [3.8, 4) is 0 Å². The predicted molar refractivity (Wildman–Crippen MR) is 121 cm³/mol. The highest BCUT2D eigenvalue weighted by Gasteiger charge is 2.24. The zero-order chi connectivity index (χ0) is 21.8. The first-order valence-electron chi connectivity index (χ1n) is 9.57. The molecule has 31 heavy (non-hydrogen) atoms. The normalized spacial score (nSPS) is 13.7. The van der Waals surface area contributed by atoms with Crippen LogP contribution < -0.4 is 15.5 Å². The summed E-state index contributed by atoms with van der Waals surface area (Å²) in [4.78, 5) is 33.0. The molecule has 1 aliphatic heterocycles. The summed E-state index contributed by atoms with van der Waals surface area (Å²) in [5.74, 6) is -0.454. The predicted octanol–water partition coefficient (Wildman–Crippen LogP) is 4.54. The van der Waals surface area contributed by atoms with E-state index in [1.165, 1.54) is 23.5 Å². The van der Waals surface area contributed by atoms with E-state index < -0.39 is 6.03 Å². The molecule has 1 saturated heterocycles. The number of anilines is 3. The quantitative estimate of drug-likeness (QED) is 0.600. The van der Waals surface area contributed by atoms with Crippen LogP contribution in [0.3, 0.4) is 0 Å². The summed E-state index contributed by atoms with van der Waals surface area (Å²) in [6.45, 7) is 2.36. The minimum Gasteiger partial charge on any atom is -0.368 e. The second kappa shape index (κ2) is 9.32. The molecule has 2 heterocycles. The number of carbonyl (C=O) groups is 2. The molecule has 1 aromatic heterocycles. The highest BCUT2D eigenvalue weighted by molar-refractivity contribution is 7.14. The van der Waals surface area contributed by atoms with Crippen LogP contribution in [0.15, 0.2) is 53.9 Å². The van der Waals surface area contributed by atoms with Crippen LogP contribution in [-0.2, 0) is 0 Å². The third kappa shape index (κ3) is 5.31. The lowest BCUT2D eigenvalue weighted by atomic mass is 10.2. The van der Waals surface area contributed by atoms with Crippen LogP contribution in [0.2, 0.25) is 5.02 Å². The van der Waals surface area contributed by atoms with Gasteiger partial charge in [0.05, 0.1) is 0 Å². The monoisotopic (exact) mass is 459 g/mol. The molecule has 7 nitrogen and oxygen atoms in total. The molecule has 1 aliphatic rings. The van der Waals surface area contributed by atoms with Gasteiger partial charge in [0.2, 0.25) is 0 Å². The molecular weight excluding hydrogens is 441 g/mol. The van der Waals surface area contributed by atoms with Gasteiger partial charge in [0, 0.05) is 48.0 Å². The van der Waals surface area contributed by atoms with Crippen LogP contribution >= 0.6 is 22.9 Å². The zero-order valence-electron chi connectivity index (χ0n) is 16.3. The van der Waals surface area contributed by atoms with Crippen molar-refractivity contribution in [3.05, 3.63) is 70.4 Å². The van der Waals surface area contributed by atoms with E-state index in [1.807, 2.05) is 0 Å². The summed E-state index contributed by atoms with van der Waals surface area (Å²) < 4.78 is 13.1. The number of thiazole rings is 1. The van der Waals surface area contributed by atoms with Gasteiger partial charge in [0.15, 0.2) is 5.13 Å². The van der Waals surface area contributed by atoms with Gasteiger partial charge in [-0.15, -0.1) is 11.3 Å². The Bertz CT molecular complexity index is 1080. The number of amides is 3. The lowest BCUT2D eigenvalue weighted by Gasteiger charge is -2.35.